The topological polar surface area (TPSA) is 98.7 Å². The molecule has 25 heavy (non-hydrogen) atoms. The average molecular weight is 336 g/mol. The Morgan fingerprint density at radius 2 is 2.12 bits per heavy atom. The van der Waals surface area contributed by atoms with Crippen LogP contribution in [0.2, 0.25) is 0 Å². The highest BCUT2D eigenvalue weighted by atomic mass is 16.1. The largest absolute Gasteiger partial charge is 0.383 e. The molecule has 0 aliphatic heterocycles. The molecule has 0 spiro atoms. The Morgan fingerprint density at radius 3 is 2.92 bits per heavy atom. The summed E-state index contributed by atoms with van der Waals surface area (Å²) in [5.41, 5.74) is 8.67. The highest BCUT2D eigenvalue weighted by Crippen LogP contribution is 2.31. The van der Waals surface area contributed by atoms with Crippen molar-refractivity contribution >= 4 is 22.9 Å². The number of rotatable bonds is 4. The van der Waals surface area contributed by atoms with E-state index in [2.05, 4.69) is 24.8 Å². The fourth-order valence-corrected chi connectivity index (χ4v) is 3.37. The minimum Gasteiger partial charge on any atom is -0.383 e. The molecule has 1 aliphatic carbocycles. The van der Waals surface area contributed by atoms with Gasteiger partial charge in [0.25, 0.3) is 5.91 Å². The van der Waals surface area contributed by atoms with Crippen molar-refractivity contribution in [3.63, 3.8) is 0 Å². The molecule has 7 nitrogen and oxygen atoms in total. The number of aromatic nitrogens is 4. The van der Waals surface area contributed by atoms with Crippen LogP contribution in [-0.4, -0.2) is 25.4 Å². The number of nitrogen functional groups attached to an aromatic ring is 1. The van der Waals surface area contributed by atoms with Crippen molar-refractivity contribution in [2.24, 2.45) is 0 Å². The van der Waals surface area contributed by atoms with Gasteiger partial charge < -0.3 is 15.6 Å². The zero-order chi connectivity index (χ0) is 17.2. The van der Waals surface area contributed by atoms with Crippen molar-refractivity contribution in [1.82, 2.24) is 24.8 Å². The molecule has 3 N–H and O–H groups in total. The second-order valence-electron chi connectivity index (χ2n) is 6.39. The molecule has 0 aromatic carbocycles. The highest BCUT2D eigenvalue weighted by Gasteiger charge is 2.20. The van der Waals surface area contributed by atoms with Gasteiger partial charge in [-0.15, -0.1) is 0 Å². The minimum atomic E-state index is -0.201. The summed E-state index contributed by atoms with van der Waals surface area (Å²) in [6.07, 6.45) is 9.91. The normalized spacial score (nSPS) is 14.9. The number of amides is 1. The molecule has 0 unspecified atom stereocenters. The summed E-state index contributed by atoms with van der Waals surface area (Å²) in [6, 6.07) is 5.90. The van der Waals surface area contributed by atoms with E-state index in [0.29, 0.717) is 24.0 Å². The Bertz CT molecular complexity index is 913. The Hall–Kier alpha value is -2.96. The first-order chi connectivity index (χ1) is 12.2. The summed E-state index contributed by atoms with van der Waals surface area (Å²) in [5.74, 6) is 0.222. The minimum absolute atomic E-state index is 0.201. The van der Waals surface area contributed by atoms with Crippen LogP contribution in [0.25, 0.3) is 11.2 Å². The lowest BCUT2D eigenvalue weighted by Gasteiger charge is -2.11. The van der Waals surface area contributed by atoms with Crippen molar-refractivity contribution in [3.05, 3.63) is 48.0 Å². The quantitative estimate of drug-likeness (QED) is 0.762. The molecule has 1 amide bonds. The first-order valence-corrected chi connectivity index (χ1v) is 8.52. The first kappa shape index (κ1) is 15.6. The van der Waals surface area contributed by atoms with Crippen LogP contribution in [0, 0.1) is 0 Å². The number of fused-ring (bicyclic) bond motifs is 1. The van der Waals surface area contributed by atoms with Crippen LogP contribution in [-0.2, 0) is 6.54 Å². The molecule has 3 heterocycles. The monoisotopic (exact) mass is 336 g/mol. The van der Waals surface area contributed by atoms with E-state index in [1.54, 1.807) is 24.5 Å². The van der Waals surface area contributed by atoms with Gasteiger partial charge in [-0.3, -0.25) is 4.79 Å². The lowest BCUT2D eigenvalue weighted by Crippen LogP contribution is -2.23. The predicted octanol–water partition coefficient (Wildman–Crippen LogP) is 2.45. The van der Waals surface area contributed by atoms with Gasteiger partial charge in [0.15, 0.2) is 5.65 Å². The molecule has 0 bridgehead atoms. The molecule has 3 aromatic rings. The van der Waals surface area contributed by atoms with E-state index in [1.165, 1.54) is 25.7 Å². The Morgan fingerprint density at radius 1 is 1.28 bits per heavy atom. The van der Waals surface area contributed by atoms with Gasteiger partial charge in [0.2, 0.25) is 0 Å². The van der Waals surface area contributed by atoms with Crippen molar-refractivity contribution in [2.75, 3.05) is 5.73 Å². The molecule has 4 rings (SSSR count). The molecule has 3 aromatic heterocycles. The summed E-state index contributed by atoms with van der Waals surface area (Å²) >= 11 is 0. The van der Waals surface area contributed by atoms with Crippen LogP contribution < -0.4 is 11.1 Å². The number of imidazole rings is 1. The number of carbonyl (C=O) groups is 1. The van der Waals surface area contributed by atoms with Gasteiger partial charge in [-0.05, 0) is 25.0 Å². The Labute approximate surface area is 145 Å². The van der Waals surface area contributed by atoms with E-state index >= 15 is 0 Å². The maximum absolute atomic E-state index is 12.4. The van der Waals surface area contributed by atoms with Gasteiger partial charge in [0.05, 0.1) is 11.9 Å². The van der Waals surface area contributed by atoms with Crippen molar-refractivity contribution in [2.45, 2.75) is 38.3 Å². The zero-order valence-corrected chi connectivity index (χ0v) is 13.9. The van der Waals surface area contributed by atoms with Gasteiger partial charge in [-0.25, -0.2) is 15.0 Å². The number of carbonyl (C=O) groups excluding carboxylic acids is 1. The van der Waals surface area contributed by atoms with Crippen molar-refractivity contribution in [3.8, 4) is 0 Å². The lowest BCUT2D eigenvalue weighted by molar-refractivity contribution is 0.0951. The molecule has 0 saturated heterocycles. The molecule has 0 atom stereocenters. The third-order valence-corrected chi connectivity index (χ3v) is 4.76. The third-order valence-electron chi connectivity index (χ3n) is 4.76. The Kier molecular flexibility index (Phi) is 4.05. The van der Waals surface area contributed by atoms with Crippen LogP contribution >= 0.6 is 0 Å². The van der Waals surface area contributed by atoms with Crippen LogP contribution in [0.3, 0.4) is 0 Å². The van der Waals surface area contributed by atoms with E-state index in [4.69, 9.17) is 5.73 Å². The fraction of sp³-hybridized carbons (Fsp3) is 0.333. The third kappa shape index (κ3) is 3.05. The molecule has 1 saturated carbocycles. The molecular weight excluding hydrogens is 316 g/mol. The van der Waals surface area contributed by atoms with Crippen LogP contribution in [0.1, 0.15) is 47.6 Å². The van der Waals surface area contributed by atoms with E-state index in [0.717, 1.165) is 16.7 Å². The summed E-state index contributed by atoms with van der Waals surface area (Å²) < 4.78 is 2.14. The van der Waals surface area contributed by atoms with Crippen molar-refractivity contribution in [1.29, 1.82) is 0 Å². The molecule has 128 valence electrons. The number of nitrogens with two attached hydrogens (primary N) is 1. The number of nitrogens with zero attached hydrogens (tertiary/aromatic N) is 4. The lowest BCUT2D eigenvalue weighted by atomic mass is 10.2. The number of hydrogen-bond donors (Lipinski definition) is 2. The second kappa shape index (κ2) is 6.51. The van der Waals surface area contributed by atoms with Crippen LogP contribution in [0.5, 0.6) is 0 Å². The number of hydrogen-bond acceptors (Lipinski definition) is 5. The van der Waals surface area contributed by atoms with Crippen LogP contribution in [0.15, 0.2) is 36.9 Å². The van der Waals surface area contributed by atoms with E-state index in [-0.39, 0.29) is 5.91 Å². The van der Waals surface area contributed by atoms with Crippen molar-refractivity contribution < 1.29 is 4.79 Å². The van der Waals surface area contributed by atoms with E-state index < -0.39 is 0 Å². The average Bonchev–Trinajstić information content (AvgIpc) is 3.29. The first-order valence-electron chi connectivity index (χ1n) is 8.52. The summed E-state index contributed by atoms with van der Waals surface area (Å²) in [4.78, 5) is 25.3. The number of anilines is 1. The molecular formula is C18H20N6O. The standard InChI is InChI=1S/C18H20N6O/c19-16-12(4-3-7-20-16)9-22-18(25)13-8-15-17(21-10-13)24(11-23-15)14-5-1-2-6-14/h3-4,7-8,10-11,14H,1-2,5-6,9H2,(H2,19,20)(H,22,25). The summed E-state index contributed by atoms with van der Waals surface area (Å²) in [5, 5.41) is 2.85. The second-order valence-corrected chi connectivity index (χ2v) is 6.39. The molecule has 1 aliphatic rings. The smallest absolute Gasteiger partial charge is 0.253 e. The molecule has 1 fully saturated rings. The maximum atomic E-state index is 12.4. The van der Waals surface area contributed by atoms with Gasteiger partial charge >= 0.3 is 0 Å². The van der Waals surface area contributed by atoms with E-state index in [1.807, 2.05) is 12.4 Å². The number of nitrogens with one attached hydrogen (secondary N) is 1. The summed E-state index contributed by atoms with van der Waals surface area (Å²) in [7, 11) is 0. The van der Waals surface area contributed by atoms with Gasteiger partial charge in [-0.2, -0.15) is 0 Å². The summed E-state index contributed by atoms with van der Waals surface area (Å²) in [6.45, 7) is 0.326. The number of pyridine rings is 2. The SMILES string of the molecule is Nc1ncccc1CNC(=O)c1cnc2c(c1)ncn2C1CCCC1. The highest BCUT2D eigenvalue weighted by molar-refractivity contribution is 5.96. The zero-order valence-electron chi connectivity index (χ0n) is 13.9. The van der Waals surface area contributed by atoms with Gasteiger partial charge in [-0.1, -0.05) is 18.9 Å². The molecule has 7 heteroatoms. The van der Waals surface area contributed by atoms with Gasteiger partial charge in [0.1, 0.15) is 11.3 Å². The fourth-order valence-electron chi connectivity index (χ4n) is 3.37. The molecule has 0 radical (unpaired) electrons. The maximum Gasteiger partial charge on any atom is 0.253 e. The predicted molar refractivity (Wildman–Crippen MR) is 94.9 cm³/mol. The Balaban J connectivity index is 1.51. The van der Waals surface area contributed by atoms with Gasteiger partial charge in [0, 0.05) is 30.5 Å². The van der Waals surface area contributed by atoms with Crippen LogP contribution in [0.4, 0.5) is 5.82 Å². The van der Waals surface area contributed by atoms with E-state index in [9.17, 15) is 4.79 Å².